The van der Waals surface area contributed by atoms with Gasteiger partial charge in [0.05, 0.1) is 22.4 Å². The molecule has 0 fully saturated rings. The fourth-order valence-electron chi connectivity index (χ4n) is 3.54. The minimum atomic E-state index is 0.346. The van der Waals surface area contributed by atoms with Gasteiger partial charge < -0.3 is 0 Å². The Morgan fingerprint density at radius 3 is 2.65 bits per heavy atom. The summed E-state index contributed by atoms with van der Waals surface area (Å²) in [5.74, 6) is 0.759. The van der Waals surface area contributed by atoms with Crippen molar-refractivity contribution < 1.29 is 0 Å². The smallest absolute Gasteiger partial charge is 0.0897 e. The number of allylic oxidation sites excluding steroid dienone is 8. The van der Waals surface area contributed by atoms with E-state index in [2.05, 4.69) is 36.5 Å². The lowest BCUT2D eigenvalue weighted by Gasteiger charge is -2.24. The van der Waals surface area contributed by atoms with Crippen molar-refractivity contribution in [1.82, 2.24) is 9.97 Å². The Kier molecular flexibility index (Phi) is 1.83. The molecule has 1 heterocycles. The lowest BCUT2D eigenvalue weighted by molar-refractivity contribution is 0.707. The number of rotatable bonds is 0. The molecule has 2 unspecified atom stereocenters. The average Bonchev–Trinajstić information content (AvgIpc) is 2.82. The van der Waals surface area contributed by atoms with Crippen molar-refractivity contribution >= 4 is 16.6 Å². The van der Waals surface area contributed by atoms with Gasteiger partial charge in [0.2, 0.25) is 0 Å². The maximum absolute atomic E-state index is 4.89. The molecule has 0 saturated carbocycles. The standard InChI is InChI=1S/C18H12N2/c1-2-10-15-14(9-1)19-17-12-7-3-5-11-6-4-8-13(16(11)12)18(17)20-15/h1-10,12,16H. The van der Waals surface area contributed by atoms with Crippen LogP contribution in [0, 0.1) is 5.92 Å². The molecule has 3 aliphatic rings. The van der Waals surface area contributed by atoms with Crippen molar-refractivity contribution in [3.8, 4) is 0 Å². The SMILES string of the molecule is C1=CC2=CC=CC3c4nc5ccccc5nc4C(=C1)C23. The molecule has 3 aliphatic carbocycles. The molecule has 0 saturated heterocycles. The summed E-state index contributed by atoms with van der Waals surface area (Å²) in [4.78, 5) is 9.77. The molecular weight excluding hydrogens is 244 g/mol. The van der Waals surface area contributed by atoms with Crippen LogP contribution in [0.3, 0.4) is 0 Å². The summed E-state index contributed by atoms with van der Waals surface area (Å²) >= 11 is 0. The molecule has 2 heteroatoms. The van der Waals surface area contributed by atoms with Gasteiger partial charge in [0.25, 0.3) is 0 Å². The summed E-state index contributed by atoms with van der Waals surface area (Å²) in [6, 6.07) is 8.12. The Balaban J connectivity index is 1.87. The summed E-state index contributed by atoms with van der Waals surface area (Å²) in [7, 11) is 0. The molecule has 20 heavy (non-hydrogen) atoms. The topological polar surface area (TPSA) is 25.8 Å². The van der Waals surface area contributed by atoms with Gasteiger partial charge in [0.1, 0.15) is 0 Å². The highest BCUT2D eigenvalue weighted by Crippen LogP contribution is 2.51. The summed E-state index contributed by atoms with van der Waals surface area (Å²) < 4.78 is 0. The molecule has 0 bridgehead atoms. The normalized spacial score (nSPS) is 25.2. The van der Waals surface area contributed by atoms with E-state index in [1.165, 1.54) is 11.1 Å². The van der Waals surface area contributed by atoms with Crippen LogP contribution in [-0.2, 0) is 0 Å². The van der Waals surface area contributed by atoms with E-state index in [-0.39, 0.29) is 0 Å². The van der Waals surface area contributed by atoms with Crippen LogP contribution in [-0.4, -0.2) is 9.97 Å². The van der Waals surface area contributed by atoms with E-state index in [4.69, 9.17) is 9.97 Å². The Morgan fingerprint density at radius 2 is 1.75 bits per heavy atom. The Bertz CT molecular complexity index is 868. The van der Waals surface area contributed by atoms with Crippen LogP contribution in [0.4, 0.5) is 0 Å². The van der Waals surface area contributed by atoms with Crippen LogP contribution < -0.4 is 0 Å². The molecule has 0 aliphatic heterocycles. The van der Waals surface area contributed by atoms with Crippen LogP contribution in [0.5, 0.6) is 0 Å². The lowest BCUT2D eigenvalue weighted by Crippen LogP contribution is -2.12. The zero-order chi connectivity index (χ0) is 13.1. The van der Waals surface area contributed by atoms with E-state index in [1.807, 2.05) is 24.3 Å². The van der Waals surface area contributed by atoms with E-state index >= 15 is 0 Å². The van der Waals surface area contributed by atoms with Gasteiger partial charge in [0.15, 0.2) is 0 Å². The van der Waals surface area contributed by atoms with Gasteiger partial charge in [-0.15, -0.1) is 0 Å². The number of fused-ring (bicyclic) bond motifs is 4. The molecule has 94 valence electrons. The summed E-state index contributed by atoms with van der Waals surface area (Å²) in [5, 5.41) is 0. The lowest BCUT2D eigenvalue weighted by atomic mass is 9.79. The fraction of sp³-hybridized carbons (Fsp3) is 0.111. The van der Waals surface area contributed by atoms with E-state index < -0.39 is 0 Å². The monoisotopic (exact) mass is 256 g/mol. The van der Waals surface area contributed by atoms with Gasteiger partial charge in [0, 0.05) is 11.8 Å². The van der Waals surface area contributed by atoms with E-state index in [0.717, 1.165) is 22.4 Å². The van der Waals surface area contributed by atoms with Crippen molar-refractivity contribution in [1.29, 1.82) is 0 Å². The van der Waals surface area contributed by atoms with Crippen molar-refractivity contribution in [2.45, 2.75) is 5.92 Å². The fourth-order valence-corrected chi connectivity index (χ4v) is 3.54. The Morgan fingerprint density at radius 1 is 0.900 bits per heavy atom. The van der Waals surface area contributed by atoms with E-state index in [9.17, 15) is 0 Å². The van der Waals surface area contributed by atoms with Crippen LogP contribution in [0.15, 0.2) is 66.3 Å². The molecule has 1 aromatic carbocycles. The Hall–Kier alpha value is -2.48. The third-order valence-corrected chi connectivity index (χ3v) is 4.41. The highest BCUT2D eigenvalue weighted by molar-refractivity contribution is 5.84. The second-order valence-electron chi connectivity index (χ2n) is 5.48. The number of aromatic nitrogens is 2. The first kappa shape index (κ1) is 10.3. The average molecular weight is 256 g/mol. The van der Waals surface area contributed by atoms with Gasteiger partial charge >= 0.3 is 0 Å². The first-order valence-corrected chi connectivity index (χ1v) is 6.95. The van der Waals surface area contributed by atoms with Gasteiger partial charge in [-0.2, -0.15) is 0 Å². The number of hydrogen-bond donors (Lipinski definition) is 0. The number of benzene rings is 1. The molecule has 2 nitrogen and oxygen atoms in total. The van der Waals surface area contributed by atoms with Crippen LogP contribution in [0.25, 0.3) is 16.6 Å². The minimum absolute atomic E-state index is 0.346. The molecule has 1 aromatic heterocycles. The van der Waals surface area contributed by atoms with Crippen LogP contribution >= 0.6 is 0 Å². The zero-order valence-electron chi connectivity index (χ0n) is 10.8. The van der Waals surface area contributed by atoms with Gasteiger partial charge in [-0.3, -0.25) is 0 Å². The van der Waals surface area contributed by atoms with Crippen molar-refractivity contribution in [3.05, 3.63) is 77.7 Å². The predicted octanol–water partition coefficient (Wildman–Crippen LogP) is 3.79. The highest BCUT2D eigenvalue weighted by Gasteiger charge is 2.40. The Labute approximate surface area is 116 Å². The second kappa shape index (κ2) is 3.54. The summed E-state index contributed by atoms with van der Waals surface area (Å²) in [6.45, 7) is 0. The third kappa shape index (κ3) is 1.19. The number of nitrogens with zero attached hydrogens (tertiary/aromatic N) is 2. The molecule has 0 amide bonds. The number of hydrogen-bond acceptors (Lipinski definition) is 2. The summed E-state index contributed by atoms with van der Waals surface area (Å²) in [6.07, 6.45) is 13.1. The predicted molar refractivity (Wildman–Crippen MR) is 80.1 cm³/mol. The van der Waals surface area contributed by atoms with Crippen molar-refractivity contribution in [2.24, 2.45) is 5.92 Å². The van der Waals surface area contributed by atoms with Gasteiger partial charge in [-0.05, 0) is 23.3 Å². The molecule has 2 aromatic rings. The minimum Gasteiger partial charge on any atom is -0.248 e. The highest BCUT2D eigenvalue weighted by atomic mass is 14.9. The maximum atomic E-state index is 4.89. The first-order valence-electron chi connectivity index (χ1n) is 6.95. The van der Waals surface area contributed by atoms with E-state index in [0.29, 0.717) is 11.8 Å². The van der Waals surface area contributed by atoms with Crippen LogP contribution in [0.2, 0.25) is 0 Å². The molecule has 0 N–H and O–H groups in total. The van der Waals surface area contributed by atoms with E-state index in [1.54, 1.807) is 0 Å². The third-order valence-electron chi connectivity index (χ3n) is 4.41. The number of para-hydroxylation sites is 2. The molecule has 0 radical (unpaired) electrons. The van der Waals surface area contributed by atoms with Crippen LogP contribution in [0.1, 0.15) is 17.3 Å². The zero-order valence-corrected chi connectivity index (χ0v) is 10.8. The quantitative estimate of drug-likeness (QED) is 0.716. The first-order chi connectivity index (χ1) is 9.92. The second-order valence-corrected chi connectivity index (χ2v) is 5.48. The maximum Gasteiger partial charge on any atom is 0.0897 e. The van der Waals surface area contributed by atoms with Gasteiger partial charge in [-0.1, -0.05) is 48.6 Å². The van der Waals surface area contributed by atoms with Crippen molar-refractivity contribution in [2.75, 3.05) is 0 Å². The molecule has 2 atom stereocenters. The summed E-state index contributed by atoms with van der Waals surface area (Å²) in [5.41, 5.74) is 6.88. The molecule has 0 spiro atoms. The largest absolute Gasteiger partial charge is 0.248 e. The molecular formula is C18H12N2. The van der Waals surface area contributed by atoms with Gasteiger partial charge in [-0.25, -0.2) is 9.97 Å². The molecule has 5 rings (SSSR count). The van der Waals surface area contributed by atoms with Crippen molar-refractivity contribution in [3.63, 3.8) is 0 Å².